The maximum Gasteiger partial charge on any atom is 0.246 e. The zero-order valence-electron chi connectivity index (χ0n) is 18.3. The first kappa shape index (κ1) is 21.6. The Morgan fingerprint density at radius 1 is 1.23 bits per heavy atom. The van der Waals surface area contributed by atoms with E-state index in [0.29, 0.717) is 12.8 Å². The standard InChI is InChI=1S/C22H35N3O5/c1-13-12-22-16(15(18(27)23-3)21(13,2)30-22)20(29)25(10-7-11-26)17(22)19(28)24-14-8-5-4-6-9-14/h13-17,26H,4-12H2,1-3H3,(H,23,27)(H,24,28)/t13?,15-,16-,17?,21+,22?/m0/s1. The van der Waals surface area contributed by atoms with Gasteiger partial charge in [-0.1, -0.05) is 26.2 Å². The van der Waals surface area contributed by atoms with Crippen LogP contribution >= 0.6 is 0 Å². The maximum absolute atomic E-state index is 13.6. The smallest absolute Gasteiger partial charge is 0.246 e. The molecular weight excluding hydrogens is 386 g/mol. The van der Waals surface area contributed by atoms with Gasteiger partial charge in [-0.05, 0) is 38.5 Å². The summed E-state index contributed by atoms with van der Waals surface area (Å²) in [4.78, 5) is 41.6. The SMILES string of the molecule is CNC(=O)[C@@H]1[C@H]2C(=O)N(CCCO)C(C(=O)NC3CCCCC3)C23CC(C)[C@@]1(C)O3. The van der Waals surface area contributed by atoms with Crippen molar-refractivity contribution in [2.45, 2.75) is 82.1 Å². The van der Waals surface area contributed by atoms with Gasteiger partial charge in [-0.3, -0.25) is 14.4 Å². The van der Waals surface area contributed by atoms with E-state index in [0.717, 1.165) is 25.7 Å². The molecule has 6 atom stereocenters. The second kappa shape index (κ2) is 7.79. The zero-order valence-corrected chi connectivity index (χ0v) is 18.3. The molecule has 30 heavy (non-hydrogen) atoms. The Labute approximate surface area is 178 Å². The monoisotopic (exact) mass is 421 g/mol. The summed E-state index contributed by atoms with van der Waals surface area (Å²) in [5.41, 5.74) is -1.76. The van der Waals surface area contributed by atoms with Crippen LogP contribution in [0.1, 0.15) is 58.8 Å². The van der Waals surface area contributed by atoms with E-state index in [1.54, 1.807) is 11.9 Å². The molecule has 3 unspecified atom stereocenters. The van der Waals surface area contributed by atoms with Crippen LogP contribution < -0.4 is 10.6 Å². The van der Waals surface area contributed by atoms with Crippen molar-refractivity contribution in [2.24, 2.45) is 17.8 Å². The molecule has 4 aliphatic rings. The van der Waals surface area contributed by atoms with Crippen molar-refractivity contribution in [1.82, 2.24) is 15.5 Å². The van der Waals surface area contributed by atoms with Gasteiger partial charge in [0.25, 0.3) is 0 Å². The second-order valence-electron chi connectivity index (χ2n) is 9.77. The van der Waals surface area contributed by atoms with Crippen molar-refractivity contribution in [2.75, 3.05) is 20.2 Å². The molecule has 3 saturated heterocycles. The Morgan fingerprint density at radius 2 is 1.93 bits per heavy atom. The summed E-state index contributed by atoms with van der Waals surface area (Å²) in [5, 5.41) is 15.3. The number of fused-ring (bicyclic) bond motifs is 1. The van der Waals surface area contributed by atoms with Crippen molar-refractivity contribution in [3.05, 3.63) is 0 Å². The van der Waals surface area contributed by atoms with Gasteiger partial charge in [-0.25, -0.2) is 0 Å². The third-order valence-electron chi connectivity index (χ3n) is 8.10. The Balaban J connectivity index is 1.70. The number of nitrogens with zero attached hydrogens (tertiary/aromatic N) is 1. The van der Waals surface area contributed by atoms with E-state index in [1.807, 2.05) is 13.8 Å². The van der Waals surface area contributed by atoms with Crippen molar-refractivity contribution in [1.29, 1.82) is 0 Å². The highest BCUT2D eigenvalue weighted by atomic mass is 16.5. The molecule has 1 aliphatic carbocycles. The number of aliphatic hydroxyl groups excluding tert-OH is 1. The second-order valence-corrected chi connectivity index (χ2v) is 9.77. The lowest BCUT2D eigenvalue weighted by molar-refractivity contribution is -0.147. The summed E-state index contributed by atoms with van der Waals surface area (Å²) in [6.07, 6.45) is 6.26. The van der Waals surface area contributed by atoms with Crippen LogP contribution in [0.5, 0.6) is 0 Å². The molecular formula is C22H35N3O5. The van der Waals surface area contributed by atoms with E-state index in [2.05, 4.69) is 10.6 Å². The van der Waals surface area contributed by atoms with E-state index in [9.17, 15) is 19.5 Å². The quantitative estimate of drug-likeness (QED) is 0.581. The predicted molar refractivity (Wildman–Crippen MR) is 109 cm³/mol. The van der Waals surface area contributed by atoms with Gasteiger partial charge in [-0.2, -0.15) is 0 Å². The van der Waals surface area contributed by atoms with Gasteiger partial charge in [0.05, 0.1) is 17.4 Å². The summed E-state index contributed by atoms with van der Waals surface area (Å²) < 4.78 is 6.58. The number of ether oxygens (including phenoxy) is 1. The van der Waals surface area contributed by atoms with E-state index >= 15 is 0 Å². The highest BCUT2D eigenvalue weighted by molar-refractivity contribution is 5.99. The summed E-state index contributed by atoms with van der Waals surface area (Å²) in [6.45, 7) is 4.17. The van der Waals surface area contributed by atoms with Gasteiger partial charge in [0, 0.05) is 26.2 Å². The minimum absolute atomic E-state index is 0.0478. The molecule has 0 radical (unpaired) electrons. The highest BCUT2D eigenvalue weighted by Crippen LogP contribution is 2.65. The third-order valence-corrected chi connectivity index (χ3v) is 8.10. The van der Waals surface area contributed by atoms with Crippen LogP contribution in [0, 0.1) is 17.8 Å². The summed E-state index contributed by atoms with van der Waals surface area (Å²) >= 11 is 0. The minimum atomic E-state index is -0.989. The van der Waals surface area contributed by atoms with Gasteiger partial charge >= 0.3 is 0 Å². The average Bonchev–Trinajstić information content (AvgIpc) is 3.23. The van der Waals surface area contributed by atoms with Crippen molar-refractivity contribution in [3.63, 3.8) is 0 Å². The third kappa shape index (κ3) is 2.98. The first-order chi connectivity index (χ1) is 14.3. The van der Waals surface area contributed by atoms with Crippen molar-refractivity contribution in [3.8, 4) is 0 Å². The number of rotatable bonds is 6. The number of carbonyl (C=O) groups excluding carboxylic acids is 3. The van der Waals surface area contributed by atoms with Crippen molar-refractivity contribution < 1.29 is 24.2 Å². The fourth-order valence-electron chi connectivity index (χ4n) is 6.60. The number of hydrogen-bond donors (Lipinski definition) is 3. The summed E-state index contributed by atoms with van der Waals surface area (Å²) in [6, 6.07) is -0.639. The van der Waals surface area contributed by atoms with Crippen LogP contribution in [0.25, 0.3) is 0 Å². The summed E-state index contributed by atoms with van der Waals surface area (Å²) in [5.74, 6) is -1.82. The Morgan fingerprint density at radius 3 is 2.57 bits per heavy atom. The molecule has 0 aromatic carbocycles. The fourth-order valence-corrected chi connectivity index (χ4v) is 6.60. The highest BCUT2D eigenvalue weighted by Gasteiger charge is 2.79. The number of hydrogen-bond acceptors (Lipinski definition) is 5. The van der Waals surface area contributed by atoms with Crippen LogP contribution in [0.4, 0.5) is 0 Å². The van der Waals surface area contributed by atoms with Crippen LogP contribution in [-0.4, -0.2) is 71.2 Å². The zero-order chi connectivity index (χ0) is 21.7. The molecule has 1 spiro atoms. The molecule has 3 N–H and O–H groups in total. The average molecular weight is 422 g/mol. The molecule has 0 aromatic rings. The van der Waals surface area contributed by atoms with Crippen molar-refractivity contribution >= 4 is 17.7 Å². The summed E-state index contributed by atoms with van der Waals surface area (Å²) in [7, 11) is 1.57. The predicted octanol–water partition coefficient (Wildman–Crippen LogP) is 0.574. The molecule has 1 saturated carbocycles. The normalized spacial score (nSPS) is 40.5. The minimum Gasteiger partial charge on any atom is -0.396 e. The van der Waals surface area contributed by atoms with Gasteiger partial charge in [0.15, 0.2) is 0 Å². The molecule has 168 valence electrons. The van der Waals surface area contributed by atoms with Crippen LogP contribution in [-0.2, 0) is 19.1 Å². The van der Waals surface area contributed by atoms with Gasteiger partial charge in [0.2, 0.25) is 17.7 Å². The number of nitrogens with one attached hydrogen (secondary N) is 2. The largest absolute Gasteiger partial charge is 0.396 e. The Bertz CT molecular complexity index is 724. The topological polar surface area (TPSA) is 108 Å². The lowest BCUT2D eigenvalue weighted by Crippen LogP contribution is -2.57. The van der Waals surface area contributed by atoms with Gasteiger partial charge < -0.3 is 25.4 Å². The molecule has 0 aromatic heterocycles. The maximum atomic E-state index is 13.6. The molecule has 8 heteroatoms. The van der Waals surface area contributed by atoms with Crippen LogP contribution in [0.15, 0.2) is 0 Å². The molecule has 8 nitrogen and oxygen atoms in total. The number of likely N-dealkylation sites (tertiary alicyclic amines) is 1. The Hall–Kier alpha value is -1.67. The molecule has 3 aliphatic heterocycles. The van der Waals surface area contributed by atoms with E-state index in [4.69, 9.17) is 4.74 Å². The van der Waals surface area contributed by atoms with E-state index in [1.165, 1.54) is 6.42 Å². The molecule has 3 heterocycles. The van der Waals surface area contributed by atoms with E-state index in [-0.39, 0.29) is 42.8 Å². The molecule has 4 fully saturated rings. The lowest BCUT2D eigenvalue weighted by atomic mass is 9.62. The Kier molecular flexibility index (Phi) is 5.60. The van der Waals surface area contributed by atoms with Gasteiger partial charge in [0.1, 0.15) is 11.6 Å². The van der Waals surface area contributed by atoms with Gasteiger partial charge in [-0.15, -0.1) is 0 Å². The molecule has 3 amide bonds. The lowest BCUT2D eigenvalue weighted by Gasteiger charge is -2.36. The molecule has 4 rings (SSSR count). The van der Waals surface area contributed by atoms with Crippen LogP contribution in [0.3, 0.4) is 0 Å². The van der Waals surface area contributed by atoms with E-state index < -0.39 is 29.1 Å². The number of amides is 3. The van der Waals surface area contributed by atoms with Crippen LogP contribution in [0.2, 0.25) is 0 Å². The fraction of sp³-hybridized carbons (Fsp3) is 0.864. The molecule has 2 bridgehead atoms. The number of aliphatic hydroxyl groups is 1. The number of carbonyl (C=O) groups is 3. The first-order valence-corrected chi connectivity index (χ1v) is 11.4. The first-order valence-electron chi connectivity index (χ1n) is 11.4.